The first-order valence-electron chi connectivity index (χ1n) is 11.3. The Hall–Kier alpha value is -4.00. The summed E-state index contributed by atoms with van der Waals surface area (Å²) in [6.45, 7) is 0. The fraction of sp³-hybridized carbons (Fsp3) is 0. The van der Waals surface area contributed by atoms with Crippen LogP contribution in [0.25, 0.3) is 32.9 Å². The van der Waals surface area contributed by atoms with Gasteiger partial charge in [-0.05, 0) is 22.9 Å². The molecule has 0 unspecified atom stereocenters. The largest absolute Gasteiger partial charge is 0.309 e. The summed E-state index contributed by atoms with van der Waals surface area (Å²) in [5.74, 6) is 0. The summed E-state index contributed by atoms with van der Waals surface area (Å²) < 4.78 is 15.1. The highest BCUT2D eigenvalue weighted by Crippen LogP contribution is 2.44. The molecule has 0 N–H and O–H groups in total. The molecule has 0 saturated carbocycles. The molecule has 3 heteroatoms. The zero-order chi connectivity index (χ0) is 23.0. The van der Waals surface area contributed by atoms with Crippen molar-refractivity contribution in [3.63, 3.8) is 0 Å². The summed E-state index contributed by atoms with van der Waals surface area (Å²) in [6, 6.07) is 44.3. The highest BCUT2D eigenvalue weighted by Gasteiger charge is 2.31. The van der Waals surface area contributed by atoms with Crippen LogP contribution < -0.4 is 15.9 Å². The Morgan fingerprint density at radius 1 is 0.500 bits per heavy atom. The fourth-order valence-electron chi connectivity index (χ4n) is 4.69. The highest BCUT2D eigenvalue weighted by molar-refractivity contribution is 7.85. The number of para-hydroxylation sites is 1. The zero-order valence-electron chi connectivity index (χ0n) is 18.5. The molecule has 162 valence electrons. The van der Waals surface area contributed by atoms with Gasteiger partial charge in [-0.25, -0.2) is 4.98 Å². The standard InChI is InChI=1S/C31H22NOP/c33-34(25-14-3-1-4-15-25,26-16-5-2-6-17-26)30-20-10-13-24-21-22-29(32-31(24)30)28-19-9-12-23-11-7-8-18-27(23)28/h1-22H. The first kappa shape index (κ1) is 20.6. The van der Waals surface area contributed by atoms with Gasteiger partial charge in [-0.15, -0.1) is 0 Å². The summed E-state index contributed by atoms with van der Waals surface area (Å²) >= 11 is 0. The van der Waals surface area contributed by atoms with Crippen LogP contribution in [0.2, 0.25) is 0 Å². The van der Waals surface area contributed by atoms with Gasteiger partial charge in [0.05, 0.1) is 11.2 Å². The average molecular weight is 455 g/mol. The molecule has 0 aliphatic rings. The minimum Gasteiger partial charge on any atom is -0.309 e. The molecule has 0 atom stereocenters. The number of pyridine rings is 1. The summed E-state index contributed by atoms with van der Waals surface area (Å²) in [6.07, 6.45) is 0. The average Bonchev–Trinajstić information content (AvgIpc) is 2.92. The number of nitrogens with zero attached hydrogens (tertiary/aromatic N) is 1. The van der Waals surface area contributed by atoms with E-state index < -0.39 is 7.14 Å². The second-order valence-corrected chi connectivity index (χ2v) is 11.1. The lowest BCUT2D eigenvalue weighted by Crippen LogP contribution is -2.26. The second kappa shape index (κ2) is 8.41. The Labute approximate surface area is 198 Å². The molecule has 0 aliphatic heterocycles. The van der Waals surface area contributed by atoms with E-state index in [1.54, 1.807) is 0 Å². The third kappa shape index (κ3) is 3.36. The van der Waals surface area contributed by atoms with E-state index in [0.717, 1.165) is 43.5 Å². The number of rotatable bonds is 4. The summed E-state index contributed by atoms with van der Waals surface area (Å²) in [4.78, 5) is 5.14. The van der Waals surface area contributed by atoms with Gasteiger partial charge >= 0.3 is 0 Å². The summed E-state index contributed by atoms with van der Waals surface area (Å²) in [5, 5.41) is 5.70. The zero-order valence-corrected chi connectivity index (χ0v) is 19.4. The molecule has 0 saturated heterocycles. The van der Waals surface area contributed by atoms with E-state index >= 15 is 4.57 Å². The molecule has 6 aromatic rings. The van der Waals surface area contributed by atoms with Gasteiger partial charge < -0.3 is 4.57 Å². The van der Waals surface area contributed by atoms with Crippen molar-refractivity contribution in [3.05, 3.63) is 133 Å². The first-order chi connectivity index (χ1) is 16.7. The Morgan fingerprint density at radius 3 is 1.82 bits per heavy atom. The molecule has 1 aromatic heterocycles. The lowest BCUT2D eigenvalue weighted by molar-refractivity contribution is 0.592. The van der Waals surface area contributed by atoms with Crippen molar-refractivity contribution in [2.75, 3.05) is 0 Å². The Kier molecular flexibility index (Phi) is 5.09. The van der Waals surface area contributed by atoms with E-state index in [9.17, 15) is 0 Å². The molecule has 5 aromatic carbocycles. The van der Waals surface area contributed by atoms with E-state index in [0.29, 0.717) is 0 Å². The van der Waals surface area contributed by atoms with Crippen LogP contribution in [0.4, 0.5) is 0 Å². The van der Waals surface area contributed by atoms with Crippen molar-refractivity contribution in [2.45, 2.75) is 0 Å². The van der Waals surface area contributed by atoms with Crippen LogP contribution in [0, 0.1) is 0 Å². The maximum Gasteiger partial charge on any atom is 0.173 e. The number of benzene rings is 5. The molecular weight excluding hydrogens is 433 g/mol. The van der Waals surface area contributed by atoms with Crippen LogP contribution in [0.5, 0.6) is 0 Å². The van der Waals surface area contributed by atoms with Gasteiger partial charge in [-0.1, -0.05) is 121 Å². The normalized spacial score (nSPS) is 11.6. The third-order valence-corrected chi connectivity index (χ3v) is 9.43. The maximum atomic E-state index is 15.1. The number of hydrogen-bond acceptors (Lipinski definition) is 2. The van der Waals surface area contributed by atoms with Crippen molar-refractivity contribution < 1.29 is 4.57 Å². The van der Waals surface area contributed by atoms with Crippen LogP contribution in [0.1, 0.15) is 0 Å². The Balaban J connectivity index is 1.65. The van der Waals surface area contributed by atoms with Gasteiger partial charge in [0.1, 0.15) is 0 Å². The van der Waals surface area contributed by atoms with Crippen molar-refractivity contribution in [2.24, 2.45) is 0 Å². The SMILES string of the molecule is O=P(c1ccccc1)(c1ccccc1)c1cccc2ccc(-c3cccc4ccccc34)nc12. The topological polar surface area (TPSA) is 30.0 Å². The minimum atomic E-state index is -3.14. The molecule has 1 heterocycles. The predicted octanol–water partition coefficient (Wildman–Crippen LogP) is 6.69. The van der Waals surface area contributed by atoms with Crippen molar-refractivity contribution >= 4 is 44.7 Å². The van der Waals surface area contributed by atoms with Crippen LogP contribution >= 0.6 is 7.14 Å². The number of fused-ring (bicyclic) bond motifs is 2. The molecule has 2 nitrogen and oxygen atoms in total. The van der Waals surface area contributed by atoms with Gasteiger partial charge in [-0.3, -0.25) is 0 Å². The Morgan fingerprint density at radius 2 is 1.09 bits per heavy atom. The maximum absolute atomic E-state index is 15.1. The lowest BCUT2D eigenvalue weighted by Gasteiger charge is -2.21. The number of hydrogen-bond donors (Lipinski definition) is 0. The minimum absolute atomic E-state index is 0.768. The molecule has 0 spiro atoms. The quantitative estimate of drug-likeness (QED) is 0.277. The van der Waals surface area contributed by atoms with Gasteiger partial charge in [-0.2, -0.15) is 0 Å². The van der Waals surface area contributed by atoms with Gasteiger partial charge in [0, 0.05) is 26.9 Å². The molecule has 0 amide bonds. The highest BCUT2D eigenvalue weighted by atomic mass is 31.2. The van der Waals surface area contributed by atoms with E-state index in [1.807, 2.05) is 84.9 Å². The van der Waals surface area contributed by atoms with Crippen molar-refractivity contribution in [3.8, 4) is 11.3 Å². The molecular formula is C31H22NOP. The monoisotopic (exact) mass is 455 g/mol. The second-order valence-electron chi connectivity index (χ2n) is 8.35. The molecule has 0 aliphatic carbocycles. The van der Waals surface area contributed by atoms with Crippen molar-refractivity contribution in [1.29, 1.82) is 0 Å². The molecule has 0 radical (unpaired) electrons. The summed E-state index contributed by atoms with van der Waals surface area (Å²) in [5.41, 5.74) is 2.73. The van der Waals surface area contributed by atoms with E-state index in [4.69, 9.17) is 4.98 Å². The molecule has 0 bridgehead atoms. The Bertz CT molecular complexity index is 1630. The lowest BCUT2D eigenvalue weighted by atomic mass is 10.0. The van der Waals surface area contributed by atoms with Gasteiger partial charge in [0.15, 0.2) is 7.14 Å². The van der Waals surface area contributed by atoms with E-state index in [-0.39, 0.29) is 0 Å². The predicted molar refractivity (Wildman–Crippen MR) is 144 cm³/mol. The molecule has 6 rings (SSSR count). The summed E-state index contributed by atoms with van der Waals surface area (Å²) in [7, 11) is -3.14. The van der Waals surface area contributed by atoms with Crippen LogP contribution in [-0.4, -0.2) is 4.98 Å². The van der Waals surface area contributed by atoms with Crippen LogP contribution in [-0.2, 0) is 4.57 Å². The first-order valence-corrected chi connectivity index (χ1v) is 13.1. The van der Waals surface area contributed by atoms with E-state index in [1.165, 1.54) is 5.39 Å². The van der Waals surface area contributed by atoms with Crippen LogP contribution in [0.15, 0.2) is 133 Å². The van der Waals surface area contributed by atoms with Gasteiger partial charge in [0.25, 0.3) is 0 Å². The van der Waals surface area contributed by atoms with E-state index in [2.05, 4.69) is 48.5 Å². The van der Waals surface area contributed by atoms with Gasteiger partial charge in [0.2, 0.25) is 0 Å². The van der Waals surface area contributed by atoms with Crippen molar-refractivity contribution in [1.82, 2.24) is 4.98 Å². The molecule has 34 heavy (non-hydrogen) atoms. The third-order valence-electron chi connectivity index (χ3n) is 6.34. The number of aromatic nitrogens is 1. The molecule has 0 fully saturated rings. The smallest absolute Gasteiger partial charge is 0.173 e. The fourth-order valence-corrected chi connectivity index (χ4v) is 7.50. The van der Waals surface area contributed by atoms with Crippen LogP contribution in [0.3, 0.4) is 0 Å².